The van der Waals surface area contributed by atoms with E-state index < -0.39 is 10.8 Å². The summed E-state index contributed by atoms with van der Waals surface area (Å²) in [4.78, 5) is 24.4. The summed E-state index contributed by atoms with van der Waals surface area (Å²) in [5.41, 5.74) is 1.20. The summed E-state index contributed by atoms with van der Waals surface area (Å²) in [5.74, 6) is 1.27. The molecule has 132 valence electrons. The molecule has 0 amide bonds. The number of ketones is 1. The van der Waals surface area contributed by atoms with Gasteiger partial charge in [-0.05, 0) is 74.7 Å². The highest BCUT2D eigenvalue weighted by Crippen LogP contribution is 2.57. The molecule has 0 unspecified atom stereocenters. The van der Waals surface area contributed by atoms with Gasteiger partial charge in [-0.25, -0.2) is 4.79 Å². The fourth-order valence-corrected chi connectivity index (χ4v) is 6.46. The molecule has 1 aromatic carbocycles. The predicted molar refractivity (Wildman–Crippen MR) is 94.7 cm³/mol. The van der Waals surface area contributed by atoms with Crippen LogP contribution in [0.4, 0.5) is 0 Å². The van der Waals surface area contributed by atoms with Gasteiger partial charge >= 0.3 is 5.97 Å². The molecule has 5 aliphatic rings. The number of carbonyl (C=O) groups is 2. The first-order valence-corrected chi connectivity index (χ1v) is 9.90. The van der Waals surface area contributed by atoms with Gasteiger partial charge in [0.05, 0.1) is 0 Å². The zero-order valence-corrected chi connectivity index (χ0v) is 15.1. The van der Waals surface area contributed by atoms with Crippen molar-refractivity contribution in [3.8, 4) is 0 Å². The Hall–Kier alpha value is -1.35. The first kappa shape index (κ1) is 15.9. The number of alkyl halides is 1. The molecule has 0 heterocycles. The Kier molecular flexibility index (Phi) is 3.38. The summed E-state index contributed by atoms with van der Waals surface area (Å²) in [6, 6.07) is 7.45. The van der Waals surface area contributed by atoms with E-state index in [4.69, 9.17) is 16.3 Å². The first-order valence-electron chi connectivity index (χ1n) is 9.52. The molecule has 4 bridgehead atoms. The maximum Gasteiger partial charge on any atom is 0.335 e. The molecule has 6 rings (SSSR count). The Morgan fingerprint density at radius 2 is 1.64 bits per heavy atom. The normalized spacial score (nSPS) is 41.5. The zero-order valence-electron chi connectivity index (χ0n) is 14.3. The minimum absolute atomic E-state index is 0.286. The molecule has 0 aliphatic heterocycles. The van der Waals surface area contributed by atoms with Gasteiger partial charge in [-0.1, -0.05) is 35.9 Å². The molecule has 5 aliphatic carbocycles. The lowest BCUT2D eigenvalue weighted by Crippen LogP contribution is -2.56. The standard InChI is InChI=1S/C21H23ClO3/c22-21(6-5-16-3-1-2-4-17(16)18(21)23)19(24)25-20-10-13-7-14(11-20)9-15(8-13)12-20/h1-4,13-15H,5-12H2/t13?,14?,15?,20?,21-/m0/s1. The summed E-state index contributed by atoms with van der Waals surface area (Å²) >= 11 is 6.62. The average Bonchev–Trinajstić information content (AvgIpc) is 2.57. The molecule has 0 N–H and O–H groups in total. The van der Waals surface area contributed by atoms with E-state index in [1.807, 2.05) is 18.2 Å². The summed E-state index contributed by atoms with van der Waals surface area (Å²) in [7, 11) is 0. The Balaban J connectivity index is 1.41. The van der Waals surface area contributed by atoms with Gasteiger partial charge in [0.1, 0.15) is 5.60 Å². The van der Waals surface area contributed by atoms with Gasteiger partial charge in [0.15, 0.2) is 5.78 Å². The molecular formula is C21H23ClO3. The molecule has 4 saturated carbocycles. The molecule has 0 radical (unpaired) electrons. The van der Waals surface area contributed by atoms with Crippen LogP contribution in [0.1, 0.15) is 60.9 Å². The largest absolute Gasteiger partial charge is 0.457 e. The van der Waals surface area contributed by atoms with Crippen molar-refractivity contribution in [2.45, 2.75) is 61.8 Å². The van der Waals surface area contributed by atoms with Crippen molar-refractivity contribution in [1.29, 1.82) is 0 Å². The maximum atomic E-state index is 13.0. The molecule has 0 saturated heterocycles. The molecule has 3 nitrogen and oxygen atoms in total. The van der Waals surface area contributed by atoms with Gasteiger partial charge in [-0.15, -0.1) is 0 Å². The Bertz CT molecular complexity index is 720. The fourth-order valence-electron chi connectivity index (χ4n) is 6.22. The minimum Gasteiger partial charge on any atom is -0.457 e. The second-order valence-corrected chi connectivity index (χ2v) is 9.42. The SMILES string of the molecule is O=C(OC12CC3CC(CC(C3)C1)C2)[C@]1(Cl)CCc2ccccc2C1=O. The topological polar surface area (TPSA) is 43.4 Å². The average molecular weight is 359 g/mol. The van der Waals surface area contributed by atoms with Gasteiger partial charge in [0.25, 0.3) is 0 Å². The number of rotatable bonds is 2. The van der Waals surface area contributed by atoms with Crippen LogP contribution in [-0.2, 0) is 16.0 Å². The van der Waals surface area contributed by atoms with Crippen molar-refractivity contribution >= 4 is 23.4 Å². The van der Waals surface area contributed by atoms with Crippen LogP contribution in [-0.4, -0.2) is 22.2 Å². The van der Waals surface area contributed by atoms with Crippen LogP contribution < -0.4 is 0 Å². The number of carbonyl (C=O) groups excluding carboxylic acids is 2. The van der Waals surface area contributed by atoms with E-state index in [1.165, 1.54) is 19.3 Å². The van der Waals surface area contributed by atoms with Crippen LogP contribution in [0.5, 0.6) is 0 Å². The molecule has 4 heteroatoms. The number of benzene rings is 1. The van der Waals surface area contributed by atoms with Crippen LogP contribution in [0.3, 0.4) is 0 Å². The summed E-state index contributed by atoms with van der Waals surface area (Å²) in [6.07, 6.45) is 7.71. The molecule has 4 fully saturated rings. The molecular weight excluding hydrogens is 336 g/mol. The van der Waals surface area contributed by atoms with E-state index >= 15 is 0 Å². The Labute approximate surface area is 153 Å². The lowest BCUT2D eigenvalue weighted by atomic mass is 9.54. The van der Waals surface area contributed by atoms with Gasteiger partial charge in [-0.3, -0.25) is 4.79 Å². The van der Waals surface area contributed by atoms with E-state index in [0.717, 1.165) is 24.8 Å². The van der Waals surface area contributed by atoms with E-state index in [9.17, 15) is 9.59 Å². The molecule has 0 aromatic heterocycles. The Morgan fingerprint density at radius 1 is 1.04 bits per heavy atom. The van der Waals surface area contributed by atoms with Crippen molar-refractivity contribution in [1.82, 2.24) is 0 Å². The van der Waals surface area contributed by atoms with Crippen molar-refractivity contribution in [2.24, 2.45) is 17.8 Å². The molecule has 1 atom stereocenters. The lowest BCUT2D eigenvalue weighted by Gasteiger charge is -2.56. The number of ether oxygens (including phenoxy) is 1. The molecule has 25 heavy (non-hydrogen) atoms. The van der Waals surface area contributed by atoms with Crippen LogP contribution >= 0.6 is 11.6 Å². The first-order chi connectivity index (χ1) is 12.0. The van der Waals surface area contributed by atoms with Gasteiger partial charge in [-0.2, -0.15) is 0 Å². The highest BCUT2D eigenvalue weighted by Gasteiger charge is 2.56. The van der Waals surface area contributed by atoms with Crippen LogP contribution in [0.15, 0.2) is 24.3 Å². The van der Waals surface area contributed by atoms with E-state index in [-0.39, 0.29) is 11.4 Å². The van der Waals surface area contributed by atoms with Gasteiger partial charge in [0, 0.05) is 5.56 Å². The lowest BCUT2D eigenvalue weighted by molar-refractivity contribution is -0.188. The third-order valence-electron chi connectivity index (χ3n) is 6.98. The Morgan fingerprint density at radius 3 is 2.28 bits per heavy atom. The second kappa shape index (κ2) is 5.33. The van der Waals surface area contributed by atoms with Crippen LogP contribution in [0.2, 0.25) is 0 Å². The van der Waals surface area contributed by atoms with Crippen molar-refractivity contribution in [3.63, 3.8) is 0 Å². The van der Waals surface area contributed by atoms with Gasteiger partial charge < -0.3 is 4.74 Å². The molecule has 1 aromatic rings. The highest BCUT2D eigenvalue weighted by molar-refractivity contribution is 6.48. The summed E-state index contributed by atoms with van der Waals surface area (Å²) < 4.78 is 6.09. The predicted octanol–water partition coefficient (Wildman–Crippen LogP) is 4.31. The summed E-state index contributed by atoms with van der Waals surface area (Å²) in [6.45, 7) is 0. The van der Waals surface area contributed by atoms with E-state index in [1.54, 1.807) is 6.07 Å². The maximum absolute atomic E-state index is 13.0. The van der Waals surface area contributed by atoms with E-state index in [0.29, 0.717) is 36.2 Å². The number of halogens is 1. The monoisotopic (exact) mass is 358 g/mol. The number of hydrogen-bond acceptors (Lipinski definition) is 3. The van der Waals surface area contributed by atoms with Crippen molar-refractivity contribution in [3.05, 3.63) is 35.4 Å². The van der Waals surface area contributed by atoms with E-state index in [2.05, 4.69) is 0 Å². The smallest absolute Gasteiger partial charge is 0.335 e. The van der Waals surface area contributed by atoms with Crippen molar-refractivity contribution < 1.29 is 14.3 Å². The number of hydrogen-bond donors (Lipinski definition) is 0. The number of aryl methyl sites for hydroxylation is 1. The highest BCUT2D eigenvalue weighted by atomic mass is 35.5. The zero-order chi connectivity index (χ0) is 17.2. The summed E-state index contributed by atoms with van der Waals surface area (Å²) in [5, 5.41) is 0. The third-order valence-corrected chi connectivity index (χ3v) is 7.49. The number of fused-ring (bicyclic) bond motifs is 1. The molecule has 0 spiro atoms. The third kappa shape index (κ3) is 2.38. The van der Waals surface area contributed by atoms with Crippen LogP contribution in [0, 0.1) is 17.8 Å². The van der Waals surface area contributed by atoms with Gasteiger partial charge in [0.2, 0.25) is 4.87 Å². The minimum atomic E-state index is -1.54. The second-order valence-electron chi connectivity index (χ2n) is 8.78. The number of esters is 1. The quantitative estimate of drug-likeness (QED) is 0.449. The number of Topliss-reactive ketones (excluding diaryl/α,β-unsaturated/α-hetero) is 1. The van der Waals surface area contributed by atoms with Crippen LogP contribution in [0.25, 0.3) is 0 Å². The fraction of sp³-hybridized carbons (Fsp3) is 0.619. The van der Waals surface area contributed by atoms with Crippen molar-refractivity contribution in [2.75, 3.05) is 0 Å².